The summed E-state index contributed by atoms with van der Waals surface area (Å²) >= 11 is 0. The van der Waals surface area contributed by atoms with Crippen molar-refractivity contribution in [1.29, 1.82) is 0 Å². The number of hydrogen-bond acceptors (Lipinski definition) is 5. The summed E-state index contributed by atoms with van der Waals surface area (Å²) in [5.74, 6) is 0.0200. The molecule has 5 heteroatoms. The van der Waals surface area contributed by atoms with E-state index in [1.807, 2.05) is 13.0 Å². The van der Waals surface area contributed by atoms with E-state index in [2.05, 4.69) is 9.97 Å². The first-order valence-corrected chi connectivity index (χ1v) is 5.02. The second-order valence-electron chi connectivity index (χ2n) is 3.51. The van der Waals surface area contributed by atoms with Crippen LogP contribution in [0.5, 0.6) is 5.75 Å². The summed E-state index contributed by atoms with van der Waals surface area (Å²) in [5.41, 5.74) is 6.46. The van der Waals surface area contributed by atoms with Gasteiger partial charge in [-0.15, -0.1) is 0 Å². The summed E-state index contributed by atoms with van der Waals surface area (Å²) in [6.45, 7) is 1.91. The van der Waals surface area contributed by atoms with Gasteiger partial charge in [-0.25, -0.2) is 14.8 Å². The zero-order chi connectivity index (χ0) is 12.3. The lowest BCUT2D eigenvalue weighted by molar-refractivity contribution is 0.0722. The fourth-order valence-electron chi connectivity index (χ4n) is 1.30. The van der Waals surface area contributed by atoms with Crippen molar-refractivity contribution < 1.29 is 9.53 Å². The minimum Gasteiger partial charge on any atom is -0.421 e. The summed E-state index contributed by atoms with van der Waals surface area (Å²) in [4.78, 5) is 19.3. The van der Waals surface area contributed by atoms with Crippen LogP contribution in [0.4, 0.5) is 5.82 Å². The first kappa shape index (κ1) is 11.1. The van der Waals surface area contributed by atoms with Gasteiger partial charge in [-0.3, -0.25) is 0 Å². The summed E-state index contributed by atoms with van der Waals surface area (Å²) in [7, 11) is 0. The molecule has 0 amide bonds. The quantitative estimate of drug-likeness (QED) is 0.625. The molecule has 0 aliphatic carbocycles. The number of nitrogens with two attached hydrogens (primary N) is 1. The topological polar surface area (TPSA) is 78.1 Å². The molecular weight excluding hydrogens is 218 g/mol. The molecule has 2 rings (SSSR count). The molecule has 0 fully saturated rings. The molecule has 2 N–H and O–H groups in total. The van der Waals surface area contributed by atoms with Crippen LogP contribution in [0, 0.1) is 6.92 Å². The number of nitrogen functional groups attached to an aromatic ring is 1. The van der Waals surface area contributed by atoms with Crippen LogP contribution in [-0.4, -0.2) is 15.9 Å². The molecule has 1 heterocycles. The highest BCUT2D eigenvalue weighted by molar-refractivity contribution is 5.87. The Morgan fingerprint density at radius 2 is 2.18 bits per heavy atom. The Balaban J connectivity index is 2.17. The maximum atomic E-state index is 11.7. The van der Waals surface area contributed by atoms with Crippen molar-refractivity contribution in [1.82, 2.24) is 9.97 Å². The van der Waals surface area contributed by atoms with Crippen molar-refractivity contribution in [2.75, 3.05) is 5.73 Å². The van der Waals surface area contributed by atoms with Crippen molar-refractivity contribution in [3.63, 3.8) is 0 Å². The van der Waals surface area contributed by atoms with Gasteiger partial charge in [0.05, 0.1) is 0 Å². The van der Waals surface area contributed by atoms with E-state index in [9.17, 15) is 4.79 Å². The number of rotatable bonds is 2. The van der Waals surface area contributed by atoms with Gasteiger partial charge in [-0.2, -0.15) is 0 Å². The number of ether oxygens (including phenoxy) is 1. The molecule has 1 aromatic carbocycles. The second-order valence-corrected chi connectivity index (χ2v) is 3.51. The molecule has 2 aromatic rings. The van der Waals surface area contributed by atoms with Gasteiger partial charge in [0.1, 0.15) is 11.6 Å². The molecule has 17 heavy (non-hydrogen) atoms. The predicted octanol–water partition coefficient (Wildman–Crippen LogP) is 1.59. The Hall–Kier alpha value is -2.43. The average molecular weight is 229 g/mol. The minimum absolute atomic E-state index is 0.0495. The molecule has 0 bridgehead atoms. The maximum absolute atomic E-state index is 11.7. The van der Waals surface area contributed by atoms with E-state index in [1.165, 1.54) is 12.3 Å². The standard InChI is InChI=1S/C12H11N3O2/c1-8-3-2-4-9(7-8)17-12(16)11-14-6-5-10(13)15-11/h2-7H,1H3,(H2,13,14,15). The Morgan fingerprint density at radius 3 is 2.88 bits per heavy atom. The van der Waals surface area contributed by atoms with Crippen LogP contribution < -0.4 is 10.5 Å². The molecular formula is C12H11N3O2. The zero-order valence-corrected chi connectivity index (χ0v) is 9.25. The van der Waals surface area contributed by atoms with Gasteiger partial charge in [-0.1, -0.05) is 12.1 Å². The smallest absolute Gasteiger partial charge is 0.381 e. The molecule has 0 unspecified atom stereocenters. The van der Waals surface area contributed by atoms with E-state index >= 15 is 0 Å². The van der Waals surface area contributed by atoms with Crippen molar-refractivity contribution in [2.45, 2.75) is 6.92 Å². The van der Waals surface area contributed by atoms with Crippen LogP contribution in [0.2, 0.25) is 0 Å². The highest BCUT2D eigenvalue weighted by Crippen LogP contribution is 2.13. The lowest BCUT2D eigenvalue weighted by Gasteiger charge is -2.03. The normalized spacial score (nSPS) is 9.94. The van der Waals surface area contributed by atoms with Gasteiger partial charge in [0, 0.05) is 6.20 Å². The number of anilines is 1. The van der Waals surface area contributed by atoms with Crippen LogP contribution in [-0.2, 0) is 0 Å². The SMILES string of the molecule is Cc1cccc(OC(=O)c2nccc(N)n2)c1. The van der Waals surface area contributed by atoms with E-state index in [-0.39, 0.29) is 11.6 Å². The second kappa shape index (κ2) is 4.61. The number of esters is 1. The zero-order valence-electron chi connectivity index (χ0n) is 9.25. The van der Waals surface area contributed by atoms with Crippen LogP contribution in [0.15, 0.2) is 36.5 Å². The summed E-state index contributed by atoms with van der Waals surface area (Å²) in [5, 5.41) is 0. The predicted molar refractivity (Wildman–Crippen MR) is 62.6 cm³/mol. The van der Waals surface area contributed by atoms with Crippen LogP contribution >= 0.6 is 0 Å². The average Bonchev–Trinajstić information content (AvgIpc) is 2.29. The van der Waals surface area contributed by atoms with Gasteiger partial charge in [0.2, 0.25) is 5.82 Å². The maximum Gasteiger partial charge on any atom is 0.381 e. The van der Waals surface area contributed by atoms with E-state index in [0.717, 1.165) is 5.56 Å². The third-order valence-electron chi connectivity index (χ3n) is 2.06. The highest BCUT2D eigenvalue weighted by atomic mass is 16.5. The van der Waals surface area contributed by atoms with Crippen LogP contribution in [0.1, 0.15) is 16.2 Å². The molecule has 1 aromatic heterocycles. The third-order valence-corrected chi connectivity index (χ3v) is 2.06. The van der Waals surface area contributed by atoms with E-state index < -0.39 is 5.97 Å². The molecule has 0 atom stereocenters. The number of carbonyl (C=O) groups is 1. The fraction of sp³-hybridized carbons (Fsp3) is 0.0833. The number of carbonyl (C=O) groups excluding carboxylic acids is 1. The Bertz CT molecular complexity index is 555. The number of aromatic nitrogens is 2. The number of benzene rings is 1. The number of aryl methyl sites for hydroxylation is 1. The van der Waals surface area contributed by atoms with Crippen molar-refractivity contribution in [2.24, 2.45) is 0 Å². The van der Waals surface area contributed by atoms with Gasteiger partial charge >= 0.3 is 5.97 Å². The minimum atomic E-state index is -0.622. The molecule has 86 valence electrons. The first-order chi connectivity index (χ1) is 8.15. The van der Waals surface area contributed by atoms with Gasteiger partial charge < -0.3 is 10.5 Å². The highest BCUT2D eigenvalue weighted by Gasteiger charge is 2.12. The Morgan fingerprint density at radius 1 is 1.35 bits per heavy atom. The van der Waals surface area contributed by atoms with Crippen molar-refractivity contribution >= 4 is 11.8 Å². The van der Waals surface area contributed by atoms with Crippen molar-refractivity contribution in [3.8, 4) is 5.75 Å². The largest absolute Gasteiger partial charge is 0.421 e. The molecule has 0 saturated carbocycles. The van der Waals surface area contributed by atoms with E-state index in [0.29, 0.717) is 5.75 Å². The number of hydrogen-bond donors (Lipinski definition) is 1. The Labute approximate surface area is 98.3 Å². The molecule has 0 aliphatic rings. The van der Waals surface area contributed by atoms with Gasteiger partial charge in [0.15, 0.2) is 0 Å². The molecule has 0 saturated heterocycles. The third kappa shape index (κ3) is 2.78. The summed E-state index contributed by atoms with van der Waals surface area (Å²) < 4.78 is 5.12. The lowest BCUT2D eigenvalue weighted by atomic mass is 10.2. The van der Waals surface area contributed by atoms with Crippen molar-refractivity contribution in [3.05, 3.63) is 47.9 Å². The monoisotopic (exact) mass is 229 g/mol. The van der Waals surface area contributed by atoms with Crippen LogP contribution in [0.3, 0.4) is 0 Å². The summed E-state index contributed by atoms with van der Waals surface area (Å²) in [6.07, 6.45) is 1.41. The Kier molecular flexibility index (Phi) is 3.00. The molecule has 0 radical (unpaired) electrons. The molecule has 5 nitrogen and oxygen atoms in total. The first-order valence-electron chi connectivity index (χ1n) is 5.02. The molecule has 0 aliphatic heterocycles. The van der Waals surface area contributed by atoms with Gasteiger partial charge in [0.25, 0.3) is 0 Å². The summed E-state index contributed by atoms with van der Waals surface area (Å²) in [6, 6.07) is 8.66. The fourth-order valence-corrected chi connectivity index (χ4v) is 1.30. The lowest BCUT2D eigenvalue weighted by Crippen LogP contribution is -2.13. The molecule has 0 spiro atoms. The van der Waals surface area contributed by atoms with E-state index in [1.54, 1.807) is 18.2 Å². The van der Waals surface area contributed by atoms with Crippen LogP contribution in [0.25, 0.3) is 0 Å². The van der Waals surface area contributed by atoms with Gasteiger partial charge in [-0.05, 0) is 30.7 Å². The van der Waals surface area contributed by atoms with E-state index in [4.69, 9.17) is 10.5 Å². The number of nitrogens with zero attached hydrogens (tertiary/aromatic N) is 2.